The van der Waals surface area contributed by atoms with E-state index in [4.69, 9.17) is 0 Å². The Morgan fingerprint density at radius 1 is 1.00 bits per heavy atom. The molecule has 0 saturated carbocycles. The van der Waals surface area contributed by atoms with Crippen molar-refractivity contribution in [2.24, 2.45) is 0 Å². The lowest BCUT2D eigenvalue weighted by Crippen LogP contribution is -2.42. The van der Waals surface area contributed by atoms with Crippen LogP contribution in [0.3, 0.4) is 0 Å². The third-order valence-electron chi connectivity index (χ3n) is 4.75. The molecule has 1 amide bonds. The van der Waals surface area contributed by atoms with Gasteiger partial charge in [-0.3, -0.25) is 4.79 Å². The number of alkyl halides is 3. The van der Waals surface area contributed by atoms with Gasteiger partial charge in [0.2, 0.25) is 5.91 Å². The number of sulfone groups is 1. The summed E-state index contributed by atoms with van der Waals surface area (Å²) in [5, 5.41) is 12.7. The summed E-state index contributed by atoms with van der Waals surface area (Å²) in [6.45, 7) is 3.09. The van der Waals surface area contributed by atoms with Gasteiger partial charge in [-0.2, -0.15) is 13.2 Å². The van der Waals surface area contributed by atoms with Gasteiger partial charge in [0.25, 0.3) is 0 Å². The van der Waals surface area contributed by atoms with Crippen LogP contribution < -0.4 is 5.32 Å². The van der Waals surface area contributed by atoms with Crippen molar-refractivity contribution in [3.63, 3.8) is 0 Å². The fraction of sp³-hybridized carbons (Fsp3) is 0.381. The van der Waals surface area contributed by atoms with Gasteiger partial charge in [-0.05, 0) is 41.8 Å². The van der Waals surface area contributed by atoms with Crippen LogP contribution in [0.5, 0.6) is 0 Å². The summed E-state index contributed by atoms with van der Waals surface area (Å²) >= 11 is 0. The second-order valence-electron chi connectivity index (χ2n) is 6.96. The number of rotatable bonds is 8. The molecular formula is C21H24F3NO4S. The van der Waals surface area contributed by atoms with Gasteiger partial charge in [0.05, 0.1) is 17.1 Å². The summed E-state index contributed by atoms with van der Waals surface area (Å²) in [5.74, 6) is -0.432. The molecule has 0 aliphatic carbocycles. The summed E-state index contributed by atoms with van der Waals surface area (Å²) in [4.78, 5) is 12.4. The molecule has 2 aromatic carbocycles. The molecule has 1 atom stereocenters. The zero-order valence-corrected chi connectivity index (χ0v) is 17.5. The molecular weight excluding hydrogens is 419 g/mol. The number of nitrogens with one attached hydrogen (secondary N) is 1. The lowest BCUT2D eigenvalue weighted by Gasteiger charge is -2.30. The smallest absolute Gasteiger partial charge is 0.376 e. The average Bonchev–Trinajstić information content (AvgIpc) is 2.68. The van der Waals surface area contributed by atoms with E-state index in [1.807, 2.05) is 0 Å². The van der Waals surface area contributed by atoms with Crippen LogP contribution in [0, 0.1) is 0 Å². The molecule has 2 aromatic rings. The molecule has 0 aliphatic heterocycles. The summed E-state index contributed by atoms with van der Waals surface area (Å²) in [7, 11) is -3.32. The molecule has 0 radical (unpaired) electrons. The Morgan fingerprint density at radius 3 is 2.03 bits per heavy atom. The molecule has 0 bridgehead atoms. The molecule has 0 saturated heterocycles. The van der Waals surface area contributed by atoms with E-state index in [2.05, 4.69) is 5.32 Å². The van der Waals surface area contributed by atoms with E-state index in [0.717, 1.165) is 12.1 Å². The molecule has 5 nitrogen and oxygen atoms in total. The number of carbonyl (C=O) groups excluding carboxylic acids is 1. The van der Waals surface area contributed by atoms with Crippen molar-refractivity contribution in [2.75, 3.05) is 11.1 Å². The number of hydrogen-bond acceptors (Lipinski definition) is 4. The molecule has 9 heteroatoms. The Kier molecular flexibility index (Phi) is 7.31. The van der Waals surface area contributed by atoms with Crippen LogP contribution in [0.25, 0.3) is 0 Å². The normalized spacial score (nSPS) is 14.2. The van der Waals surface area contributed by atoms with Gasteiger partial charge in [0, 0.05) is 5.69 Å². The maximum absolute atomic E-state index is 13.3. The Morgan fingerprint density at radius 2 is 1.57 bits per heavy atom. The minimum absolute atomic E-state index is 0.0233. The van der Waals surface area contributed by atoms with Gasteiger partial charge >= 0.3 is 6.18 Å². The fourth-order valence-electron chi connectivity index (χ4n) is 3.01. The Bertz CT molecular complexity index is 971. The molecule has 164 valence electrons. The number of aliphatic hydroxyl groups is 1. The molecule has 2 rings (SSSR count). The molecule has 0 aliphatic rings. The SMILES string of the molecule is CCCC(O)(c1ccc(NC(=O)Cc2ccc(S(=O)(=O)CC)cc2)cc1)C(F)(F)F. The molecule has 0 fully saturated rings. The third kappa shape index (κ3) is 5.40. The third-order valence-corrected chi connectivity index (χ3v) is 6.50. The van der Waals surface area contributed by atoms with Crippen LogP contribution in [0.1, 0.15) is 37.8 Å². The predicted octanol–water partition coefficient (Wildman–Crippen LogP) is 4.21. The minimum atomic E-state index is -4.81. The van der Waals surface area contributed by atoms with Crippen molar-refractivity contribution in [1.29, 1.82) is 0 Å². The Balaban J connectivity index is 2.08. The largest absolute Gasteiger partial charge is 0.421 e. The lowest BCUT2D eigenvalue weighted by atomic mass is 9.88. The summed E-state index contributed by atoms with van der Waals surface area (Å²) in [5.41, 5.74) is -2.35. The van der Waals surface area contributed by atoms with Crippen LogP contribution in [-0.4, -0.2) is 31.4 Å². The summed E-state index contributed by atoms with van der Waals surface area (Å²) < 4.78 is 63.5. The van der Waals surface area contributed by atoms with Gasteiger partial charge in [-0.25, -0.2) is 8.42 Å². The average molecular weight is 443 g/mol. The van der Waals surface area contributed by atoms with E-state index in [0.29, 0.717) is 5.56 Å². The first-order chi connectivity index (χ1) is 13.9. The molecule has 0 aromatic heterocycles. The zero-order chi connectivity index (χ0) is 22.6. The molecule has 1 unspecified atom stereocenters. The monoisotopic (exact) mass is 443 g/mol. The van der Waals surface area contributed by atoms with Crippen LogP contribution in [0.4, 0.5) is 18.9 Å². The van der Waals surface area contributed by atoms with Gasteiger partial charge in [0.1, 0.15) is 0 Å². The fourth-order valence-corrected chi connectivity index (χ4v) is 3.90. The van der Waals surface area contributed by atoms with Gasteiger partial charge in [-0.15, -0.1) is 0 Å². The van der Waals surface area contributed by atoms with E-state index in [1.54, 1.807) is 26.0 Å². The number of amides is 1. The van der Waals surface area contributed by atoms with Crippen molar-refractivity contribution in [3.8, 4) is 0 Å². The van der Waals surface area contributed by atoms with E-state index in [9.17, 15) is 31.5 Å². The van der Waals surface area contributed by atoms with Crippen LogP contribution in [0.15, 0.2) is 53.4 Å². The second-order valence-corrected chi connectivity index (χ2v) is 9.24. The number of carbonyl (C=O) groups is 1. The highest BCUT2D eigenvalue weighted by molar-refractivity contribution is 7.91. The van der Waals surface area contributed by atoms with Gasteiger partial charge in [-0.1, -0.05) is 44.5 Å². The maximum atomic E-state index is 13.3. The quantitative estimate of drug-likeness (QED) is 0.640. The van der Waals surface area contributed by atoms with Crippen molar-refractivity contribution in [2.45, 2.75) is 49.8 Å². The van der Waals surface area contributed by atoms with E-state index in [1.165, 1.54) is 24.3 Å². The van der Waals surface area contributed by atoms with Crippen molar-refractivity contribution < 1.29 is 31.5 Å². The van der Waals surface area contributed by atoms with Crippen molar-refractivity contribution >= 4 is 21.4 Å². The number of halogens is 3. The van der Waals surface area contributed by atoms with Crippen molar-refractivity contribution in [3.05, 3.63) is 59.7 Å². The topological polar surface area (TPSA) is 83.5 Å². The molecule has 30 heavy (non-hydrogen) atoms. The molecule has 2 N–H and O–H groups in total. The standard InChI is InChI=1S/C21H24F3NO4S/c1-3-13-20(27,21(22,23)24)16-7-9-17(10-8-16)25-19(26)14-15-5-11-18(12-6-15)30(28,29)4-2/h5-12,27H,3-4,13-14H2,1-2H3,(H,25,26). The number of hydrogen-bond donors (Lipinski definition) is 2. The van der Waals surface area contributed by atoms with E-state index < -0.39 is 33.9 Å². The first-order valence-corrected chi connectivity index (χ1v) is 11.1. The highest BCUT2D eigenvalue weighted by Crippen LogP contribution is 2.42. The summed E-state index contributed by atoms with van der Waals surface area (Å²) in [6, 6.07) is 10.8. The maximum Gasteiger partial charge on any atom is 0.421 e. The van der Waals surface area contributed by atoms with Crippen LogP contribution in [0.2, 0.25) is 0 Å². The van der Waals surface area contributed by atoms with Gasteiger partial charge < -0.3 is 10.4 Å². The van der Waals surface area contributed by atoms with E-state index >= 15 is 0 Å². The minimum Gasteiger partial charge on any atom is -0.376 e. The van der Waals surface area contributed by atoms with Crippen LogP contribution in [-0.2, 0) is 26.7 Å². The molecule has 0 heterocycles. The summed E-state index contributed by atoms with van der Waals surface area (Å²) in [6.07, 6.45) is -5.17. The van der Waals surface area contributed by atoms with Gasteiger partial charge in [0.15, 0.2) is 15.4 Å². The Labute approximate surface area is 173 Å². The van der Waals surface area contributed by atoms with E-state index in [-0.39, 0.29) is 34.7 Å². The predicted molar refractivity (Wildman–Crippen MR) is 108 cm³/mol. The highest BCUT2D eigenvalue weighted by Gasteiger charge is 2.54. The highest BCUT2D eigenvalue weighted by atomic mass is 32.2. The second kappa shape index (κ2) is 9.18. The first-order valence-electron chi connectivity index (χ1n) is 9.44. The van der Waals surface area contributed by atoms with Crippen LogP contribution >= 0.6 is 0 Å². The Hall–Kier alpha value is -2.39. The first kappa shape index (κ1) is 23.9. The van der Waals surface area contributed by atoms with Crippen molar-refractivity contribution in [1.82, 2.24) is 0 Å². The number of benzene rings is 2. The number of anilines is 1. The lowest BCUT2D eigenvalue weighted by molar-refractivity contribution is -0.269. The zero-order valence-electron chi connectivity index (χ0n) is 16.7. The molecule has 0 spiro atoms.